The van der Waals surface area contributed by atoms with E-state index in [1.54, 1.807) is 0 Å². The standard InChI is InChI=1S/C20H25N3/c1-7-22(5)18-10-8-9-17(13-21)20(18)23(6)19-12-14(2)11-15(3)16(19)4/h8-12H,7H2,1-6H3. The third-order valence-electron chi connectivity index (χ3n) is 4.50. The highest BCUT2D eigenvalue weighted by molar-refractivity contribution is 5.83. The Bertz CT molecular complexity index is 756. The van der Waals surface area contributed by atoms with Crippen molar-refractivity contribution in [1.29, 1.82) is 5.26 Å². The summed E-state index contributed by atoms with van der Waals surface area (Å²) in [5.74, 6) is 0. The summed E-state index contributed by atoms with van der Waals surface area (Å²) in [6, 6.07) is 12.6. The minimum absolute atomic E-state index is 0.698. The monoisotopic (exact) mass is 307 g/mol. The summed E-state index contributed by atoms with van der Waals surface area (Å²) < 4.78 is 0. The predicted octanol–water partition coefficient (Wildman–Crippen LogP) is 4.71. The van der Waals surface area contributed by atoms with Gasteiger partial charge in [0.25, 0.3) is 0 Å². The van der Waals surface area contributed by atoms with Crippen molar-refractivity contribution in [3.8, 4) is 6.07 Å². The van der Waals surface area contributed by atoms with Gasteiger partial charge < -0.3 is 9.80 Å². The highest BCUT2D eigenvalue weighted by atomic mass is 15.2. The molecule has 0 unspecified atom stereocenters. The number of para-hydroxylation sites is 1. The van der Waals surface area contributed by atoms with Crippen LogP contribution in [0.2, 0.25) is 0 Å². The van der Waals surface area contributed by atoms with Gasteiger partial charge in [-0.25, -0.2) is 0 Å². The summed E-state index contributed by atoms with van der Waals surface area (Å²) in [6.07, 6.45) is 0. The quantitative estimate of drug-likeness (QED) is 0.819. The Morgan fingerprint density at radius 2 is 1.74 bits per heavy atom. The lowest BCUT2D eigenvalue weighted by Crippen LogP contribution is -2.21. The Labute approximate surface area is 139 Å². The molecule has 0 spiro atoms. The molecule has 3 heteroatoms. The van der Waals surface area contributed by atoms with Crippen LogP contribution in [0.1, 0.15) is 29.2 Å². The van der Waals surface area contributed by atoms with Gasteiger partial charge in [-0.2, -0.15) is 5.26 Å². The van der Waals surface area contributed by atoms with Crippen LogP contribution in [-0.2, 0) is 0 Å². The molecular formula is C20H25N3. The van der Waals surface area contributed by atoms with E-state index in [1.807, 2.05) is 19.2 Å². The maximum absolute atomic E-state index is 9.58. The third kappa shape index (κ3) is 3.17. The molecule has 2 aromatic rings. The number of nitrogens with zero attached hydrogens (tertiary/aromatic N) is 3. The normalized spacial score (nSPS) is 10.3. The molecule has 0 heterocycles. The van der Waals surface area contributed by atoms with Crippen molar-refractivity contribution in [2.75, 3.05) is 30.4 Å². The molecule has 0 saturated heterocycles. The lowest BCUT2D eigenvalue weighted by atomic mass is 10.0. The largest absolute Gasteiger partial charge is 0.373 e. The molecule has 0 aliphatic heterocycles. The van der Waals surface area contributed by atoms with E-state index in [2.05, 4.69) is 68.8 Å². The minimum Gasteiger partial charge on any atom is -0.373 e. The van der Waals surface area contributed by atoms with E-state index < -0.39 is 0 Å². The number of hydrogen-bond donors (Lipinski definition) is 0. The first-order valence-electron chi connectivity index (χ1n) is 7.96. The Kier molecular flexibility index (Phi) is 4.95. The van der Waals surface area contributed by atoms with Crippen molar-refractivity contribution < 1.29 is 0 Å². The van der Waals surface area contributed by atoms with E-state index in [-0.39, 0.29) is 0 Å². The number of nitriles is 1. The van der Waals surface area contributed by atoms with Crippen LogP contribution in [0.25, 0.3) is 0 Å². The number of anilines is 3. The lowest BCUT2D eigenvalue weighted by Gasteiger charge is -2.30. The number of hydrogen-bond acceptors (Lipinski definition) is 3. The second-order valence-corrected chi connectivity index (χ2v) is 6.08. The van der Waals surface area contributed by atoms with Crippen LogP contribution < -0.4 is 9.80 Å². The Morgan fingerprint density at radius 3 is 2.35 bits per heavy atom. The van der Waals surface area contributed by atoms with Crippen molar-refractivity contribution in [2.45, 2.75) is 27.7 Å². The SMILES string of the molecule is CCN(C)c1cccc(C#N)c1N(C)c1cc(C)cc(C)c1C. The Hall–Kier alpha value is -2.47. The first-order valence-corrected chi connectivity index (χ1v) is 7.96. The topological polar surface area (TPSA) is 30.3 Å². The summed E-state index contributed by atoms with van der Waals surface area (Å²) in [7, 11) is 4.10. The van der Waals surface area contributed by atoms with Gasteiger partial charge in [-0.3, -0.25) is 0 Å². The van der Waals surface area contributed by atoms with Crippen LogP contribution in [0.4, 0.5) is 17.1 Å². The second-order valence-electron chi connectivity index (χ2n) is 6.08. The molecule has 0 aromatic heterocycles. The number of rotatable bonds is 4. The fourth-order valence-corrected chi connectivity index (χ4v) is 2.94. The Morgan fingerprint density at radius 1 is 1.04 bits per heavy atom. The molecule has 0 N–H and O–H groups in total. The van der Waals surface area contributed by atoms with Crippen LogP contribution in [0.15, 0.2) is 30.3 Å². The Balaban J connectivity index is 2.69. The van der Waals surface area contributed by atoms with Crippen molar-refractivity contribution in [2.24, 2.45) is 0 Å². The fourth-order valence-electron chi connectivity index (χ4n) is 2.94. The average molecular weight is 307 g/mol. The molecule has 2 aromatic carbocycles. The molecule has 23 heavy (non-hydrogen) atoms. The third-order valence-corrected chi connectivity index (χ3v) is 4.50. The van der Waals surface area contributed by atoms with Crippen LogP contribution >= 0.6 is 0 Å². The van der Waals surface area contributed by atoms with Crippen molar-refractivity contribution in [3.05, 3.63) is 52.6 Å². The van der Waals surface area contributed by atoms with Gasteiger partial charge in [0.05, 0.1) is 16.9 Å². The summed E-state index contributed by atoms with van der Waals surface area (Å²) in [5.41, 5.74) is 7.64. The highest BCUT2D eigenvalue weighted by Gasteiger charge is 2.18. The fraction of sp³-hybridized carbons (Fsp3) is 0.350. The van der Waals surface area contributed by atoms with Crippen LogP contribution in [-0.4, -0.2) is 20.6 Å². The van der Waals surface area contributed by atoms with Gasteiger partial charge in [0, 0.05) is 26.3 Å². The number of benzene rings is 2. The van der Waals surface area contributed by atoms with Gasteiger partial charge in [-0.15, -0.1) is 0 Å². The molecule has 120 valence electrons. The van der Waals surface area contributed by atoms with E-state index >= 15 is 0 Å². The molecule has 0 aliphatic rings. The molecular weight excluding hydrogens is 282 g/mol. The van der Waals surface area contributed by atoms with Crippen LogP contribution in [0, 0.1) is 32.1 Å². The summed E-state index contributed by atoms with van der Waals surface area (Å²) in [4.78, 5) is 4.32. The highest BCUT2D eigenvalue weighted by Crippen LogP contribution is 2.38. The van der Waals surface area contributed by atoms with Gasteiger partial charge in [-0.1, -0.05) is 12.1 Å². The molecule has 0 aliphatic carbocycles. The zero-order valence-electron chi connectivity index (χ0n) is 14.9. The van der Waals surface area contributed by atoms with E-state index in [0.717, 1.165) is 23.6 Å². The van der Waals surface area contributed by atoms with E-state index in [1.165, 1.54) is 16.7 Å². The van der Waals surface area contributed by atoms with Crippen molar-refractivity contribution in [1.82, 2.24) is 0 Å². The molecule has 3 nitrogen and oxygen atoms in total. The van der Waals surface area contributed by atoms with Crippen LogP contribution in [0.5, 0.6) is 0 Å². The second kappa shape index (κ2) is 6.75. The van der Waals surface area contributed by atoms with Gasteiger partial charge in [0.1, 0.15) is 6.07 Å². The van der Waals surface area contributed by atoms with Gasteiger partial charge >= 0.3 is 0 Å². The maximum Gasteiger partial charge on any atom is 0.101 e. The first kappa shape index (κ1) is 16.9. The average Bonchev–Trinajstić information content (AvgIpc) is 2.55. The smallest absolute Gasteiger partial charge is 0.101 e. The molecule has 0 amide bonds. The molecule has 0 bridgehead atoms. The number of aryl methyl sites for hydroxylation is 2. The zero-order chi connectivity index (χ0) is 17.1. The lowest BCUT2D eigenvalue weighted by molar-refractivity contribution is 0.961. The van der Waals surface area contributed by atoms with Crippen LogP contribution in [0.3, 0.4) is 0 Å². The maximum atomic E-state index is 9.58. The van der Waals surface area contributed by atoms with Gasteiger partial charge in [0.2, 0.25) is 0 Å². The summed E-state index contributed by atoms with van der Waals surface area (Å²) >= 11 is 0. The van der Waals surface area contributed by atoms with Gasteiger partial charge in [-0.05, 0) is 62.6 Å². The predicted molar refractivity (Wildman–Crippen MR) is 98.8 cm³/mol. The van der Waals surface area contributed by atoms with E-state index in [0.29, 0.717) is 5.56 Å². The van der Waals surface area contributed by atoms with E-state index in [9.17, 15) is 5.26 Å². The molecule has 0 radical (unpaired) electrons. The summed E-state index contributed by atoms with van der Waals surface area (Å²) in [5, 5.41) is 9.58. The first-order chi connectivity index (χ1) is 10.9. The molecule has 0 saturated carbocycles. The van der Waals surface area contributed by atoms with Crippen molar-refractivity contribution >= 4 is 17.1 Å². The molecule has 0 atom stereocenters. The summed E-state index contributed by atoms with van der Waals surface area (Å²) in [6.45, 7) is 9.39. The van der Waals surface area contributed by atoms with Crippen molar-refractivity contribution in [3.63, 3.8) is 0 Å². The van der Waals surface area contributed by atoms with E-state index in [4.69, 9.17) is 0 Å². The molecule has 2 rings (SSSR count). The molecule has 0 fully saturated rings. The van der Waals surface area contributed by atoms with Gasteiger partial charge in [0.15, 0.2) is 0 Å². The minimum atomic E-state index is 0.698. The zero-order valence-corrected chi connectivity index (χ0v) is 14.9.